The van der Waals surface area contributed by atoms with Crippen LogP contribution in [0.15, 0.2) is 24.3 Å². The number of para-hydroxylation sites is 1. The molecule has 92 valence electrons. The third kappa shape index (κ3) is 3.14. The van der Waals surface area contributed by atoms with Gasteiger partial charge in [0, 0.05) is 5.75 Å². The molecule has 1 aromatic carbocycles. The number of carboxylic acids is 1. The fraction of sp³-hybridized carbons (Fsp3) is 0.417. The maximum atomic E-state index is 10.8. The lowest BCUT2D eigenvalue weighted by molar-refractivity contribution is -0.138. The first-order valence-electron chi connectivity index (χ1n) is 5.45. The smallest absolute Gasteiger partial charge is 0.321 e. The van der Waals surface area contributed by atoms with E-state index in [2.05, 4.69) is 5.32 Å². The Morgan fingerprint density at radius 1 is 1.59 bits per heavy atom. The summed E-state index contributed by atoms with van der Waals surface area (Å²) in [6, 6.07) is 7.35. The molecule has 2 unspecified atom stereocenters. The molecule has 0 bridgehead atoms. The van der Waals surface area contributed by atoms with Gasteiger partial charge in [0.2, 0.25) is 0 Å². The molecule has 1 fully saturated rings. The van der Waals surface area contributed by atoms with E-state index in [1.165, 1.54) is 0 Å². The lowest BCUT2D eigenvalue weighted by atomic mass is 10.2. The van der Waals surface area contributed by atoms with Gasteiger partial charge in [0.1, 0.15) is 18.4 Å². The Morgan fingerprint density at radius 2 is 2.35 bits per heavy atom. The number of benzene rings is 1. The minimum atomic E-state index is -0.795. The lowest BCUT2D eigenvalue weighted by Gasteiger charge is -2.13. The Labute approximate surface area is 104 Å². The van der Waals surface area contributed by atoms with E-state index in [9.17, 15) is 4.79 Å². The molecule has 1 aliphatic heterocycles. The maximum Gasteiger partial charge on any atom is 0.321 e. The van der Waals surface area contributed by atoms with Crippen LogP contribution in [0.2, 0.25) is 0 Å². The molecule has 2 N–H and O–H groups in total. The molecular weight excluding hydrogens is 238 g/mol. The Balaban J connectivity index is 1.84. The normalized spacial score (nSPS) is 23.6. The van der Waals surface area contributed by atoms with Crippen LogP contribution in [0.1, 0.15) is 5.56 Å². The van der Waals surface area contributed by atoms with Crippen LogP contribution in [-0.4, -0.2) is 34.9 Å². The van der Waals surface area contributed by atoms with E-state index in [1.807, 2.05) is 31.2 Å². The number of hydrogen-bond donors (Lipinski definition) is 2. The van der Waals surface area contributed by atoms with Gasteiger partial charge < -0.3 is 9.84 Å². The van der Waals surface area contributed by atoms with E-state index < -0.39 is 12.0 Å². The molecule has 0 radical (unpaired) electrons. The van der Waals surface area contributed by atoms with Crippen molar-refractivity contribution in [2.45, 2.75) is 18.3 Å². The first-order chi connectivity index (χ1) is 8.16. The summed E-state index contributed by atoms with van der Waals surface area (Å²) in [7, 11) is 0. The van der Waals surface area contributed by atoms with Gasteiger partial charge in [-0.2, -0.15) is 0 Å². The van der Waals surface area contributed by atoms with E-state index in [4.69, 9.17) is 9.84 Å². The highest BCUT2D eigenvalue weighted by molar-refractivity contribution is 8.00. The first-order valence-corrected chi connectivity index (χ1v) is 6.50. The Bertz CT molecular complexity index is 410. The van der Waals surface area contributed by atoms with Crippen LogP contribution in [0.25, 0.3) is 0 Å². The van der Waals surface area contributed by atoms with E-state index in [0.29, 0.717) is 12.4 Å². The first kappa shape index (κ1) is 12.3. The van der Waals surface area contributed by atoms with E-state index in [-0.39, 0.29) is 5.37 Å². The molecular formula is C12H15NO3S. The van der Waals surface area contributed by atoms with Crippen LogP contribution in [0.5, 0.6) is 5.75 Å². The molecule has 1 aromatic rings. The van der Waals surface area contributed by atoms with Gasteiger partial charge in [-0.15, -0.1) is 11.8 Å². The van der Waals surface area contributed by atoms with Crippen molar-refractivity contribution in [3.8, 4) is 5.75 Å². The second-order valence-electron chi connectivity index (χ2n) is 3.96. The third-order valence-corrected chi connectivity index (χ3v) is 3.83. The van der Waals surface area contributed by atoms with Crippen molar-refractivity contribution in [1.29, 1.82) is 0 Å². The fourth-order valence-corrected chi connectivity index (χ4v) is 2.74. The molecule has 2 atom stereocenters. The minimum Gasteiger partial charge on any atom is -0.491 e. The second kappa shape index (κ2) is 5.42. The summed E-state index contributed by atoms with van der Waals surface area (Å²) >= 11 is 1.59. The van der Waals surface area contributed by atoms with Crippen molar-refractivity contribution in [2.24, 2.45) is 0 Å². The molecule has 0 saturated carbocycles. The topological polar surface area (TPSA) is 58.6 Å². The quantitative estimate of drug-likeness (QED) is 0.851. The zero-order valence-corrected chi connectivity index (χ0v) is 10.4. The maximum absolute atomic E-state index is 10.8. The third-order valence-electron chi connectivity index (χ3n) is 2.63. The van der Waals surface area contributed by atoms with Gasteiger partial charge in [-0.25, -0.2) is 0 Å². The van der Waals surface area contributed by atoms with Gasteiger partial charge in [-0.1, -0.05) is 18.2 Å². The van der Waals surface area contributed by atoms with Crippen LogP contribution >= 0.6 is 11.8 Å². The molecule has 0 aromatic heterocycles. The molecule has 0 aliphatic carbocycles. The summed E-state index contributed by atoms with van der Waals surface area (Å²) in [5.41, 5.74) is 1.09. The van der Waals surface area contributed by atoms with Gasteiger partial charge in [-0.05, 0) is 18.6 Å². The number of rotatable bonds is 4. The summed E-state index contributed by atoms with van der Waals surface area (Å²) < 4.78 is 5.67. The van der Waals surface area contributed by atoms with Crippen LogP contribution in [-0.2, 0) is 4.79 Å². The summed E-state index contributed by atoms with van der Waals surface area (Å²) in [5, 5.41) is 11.9. The Morgan fingerprint density at radius 3 is 3.00 bits per heavy atom. The molecule has 1 aliphatic rings. The molecule has 1 saturated heterocycles. The zero-order chi connectivity index (χ0) is 12.3. The van der Waals surface area contributed by atoms with Crippen molar-refractivity contribution in [2.75, 3.05) is 12.4 Å². The molecule has 0 amide bonds. The molecule has 1 heterocycles. The number of hydrogen-bond acceptors (Lipinski definition) is 4. The average Bonchev–Trinajstić information content (AvgIpc) is 2.77. The van der Waals surface area contributed by atoms with Crippen molar-refractivity contribution in [3.05, 3.63) is 29.8 Å². The fourth-order valence-electron chi connectivity index (χ4n) is 1.66. The molecule has 17 heavy (non-hydrogen) atoms. The molecule has 2 rings (SSSR count). The molecule has 5 heteroatoms. The average molecular weight is 253 g/mol. The summed E-state index contributed by atoms with van der Waals surface area (Å²) in [5.74, 6) is 0.654. The van der Waals surface area contributed by atoms with Gasteiger partial charge in [0.05, 0.1) is 5.37 Å². The SMILES string of the molecule is Cc1ccccc1OCC1NC(C(=O)O)CS1. The van der Waals surface area contributed by atoms with Gasteiger partial charge in [0.25, 0.3) is 0 Å². The number of ether oxygens (including phenoxy) is 1. The van der Waals surface area contributed by atoms with Crippen molar-refractivity contribution >= 4 is 17.7 Å². The number of carboxylic acid groups (broad SMARTS) is 1. The van der Waals surface area contributed by atoms with E-state index >= 15 is 0 Å². The highest BCUT2D eigenvalue weighted by atomic mass is 32.2. The Hall–Kier alpha value is -1.20. The van der Waals surface area contributed by atoms with Crippen LogP contribution in [0.4, 0.5) is 0 Å². The number of aryl methyl sites for hydroxylation is 1. The highest BCUT2D eigenvalue weighted by Crippen LogP contribution is 2.22. The number of aliphatic carboxylic acids is 1. The molecule has 0 spiro atoms. The number of carbonyl (C=O) groups is 1. The predicted molar refractivity (Wildman–Crippen MR) is 67.5 cm³/mol. The lowest BCUT2D eigenvalue weighted by Crippen LogP contribution is -2.38. The van der Waals surface area contributed by atoms with Crippen LogP contribution < -0.4 is 10.1 Å². The number of nitrogens with one attached hydrogen (secondary N) is 1. The highest BCUT2D eigenvalue weighted by Gasteiger charge is 2.29. The van der Waals surface area contributed by atoms with Crippen LogP contribution in [0, 0.1) is 6.92 Å². The second-order valence-corrected chi connectivity index (χ2v) is 5.19. The van der Waals surface area contributed by atoms with Gasteiger partial charge in [0.15, 0.2) is 0 Å². The summed E-state index contributed by atoms with van der Waals surface area (Å²) in [6.45, 7) is 2.48. The summed E-state index contributed by atoms with van der Waals surface area (Å²) in [6.07, 6.45) is 0. The van der Waals surface area contributed by atoms with E-state index in [0.717, 1.165) is 11.3 Å². The van der Waals surface area contributed by atoms with Crippen molar-refractivity contribution in [1.82, 2.24) is 5.32 Å². The monoisotopic (exact) mass is 253 g/mol. The number of thioether (sulfide) groups is 1. The van der Waals surface area contributed by atoms with Crippen molar-refractivity contribution < 1.29 is 14.6 Å². The molecule has 4 nitrogen and oxygen atoms in total. The summed E-state index contributed by atoms with van der Waals surface area (Å²) in [4.78, 5) is 10.8. The zero-order valence-electron chi connectivity index (χ0n) is 9.55. The van der Waals surface area contributed by atoms with Gasteiger partial charge >= 0.3 is 5.97 Å². The van der Waals surface area contributed by atoms with Gasteiger partial charge in [-0.3, -0.25) is 10.1 Å². The van der Waals surface area contributed by atoms with Crippen LogP contribution in [0.3, 0.4) is 0 Å². The van der Waals surface area contributed by atoms with E-state index in [1.54, 1.807) is 11.8 Å². The minimum absolute atomic E-state index is 0.0516. The predicted octanol–water partition coefficient (Wildman–Crippen LogP) is 1.49. The van der Waals surface area contributed by atoms with Crippen molar-refractivity contribution in [3.63, 3.8) is 0 Å². The Kier molecular flexibility index (Phi) is 3.91. The standard InChI is InChI=1S/C12H15NO3S/c1-8-4-2-3-5-10(8)16-6-11-13-9(7-17-11)12(14)15/h2-5,9,11,13H,6-7H2,1H3,(H,14,15). The largest absolute Gasteiger partial charge is 0.491 e.